The summed E-state index contributed by atoms with van der Waals surface area (Å²) >= 11 is 0. The lowest BCUT2D eigenvalue weighted by Gasteiger charge is -2.16. The Bertz CT molecular complexity index is 984. The Morgan fingerprint density at radius 1 is 1.22 bits per heavy atom. The van der Waals surface area contributed by atoms with Crippen molar-refractivity contribution in [2.24, 2.45) is 0 Å². The fourth-order valence-corrected chi connectivity index (χ4v) is 3.17. The van der Waals surface area contributed by atoms with Gasteiger partial charge in [0, 0.05) is 30.1 Å². The van der Waals surface area contributed by atoms with Gasteiger partial charge in [0.2, 0.25) is 5.91 Å². The van der Waals surface area contributed by atoms with Gasteiger partial charge in [-0.2, -0.15) is 4.98 Å². The number of amides is 1. The largest absolute Gasteiger partial charge is 0.494 e. The standard InChI is InChI=1S/C20H18FN3O3/c1-12-3-6-15(7-4-12)24-11-14(10-18(24)25)19-22-20(27-23-19)13-5-8-17(26-2)16(21)9-13/h3-9,14H,10-11H2,1-2H3. The molecular weight excluding hydrogens is 349 g/mol. The second kappa shape index (κ2) is 6.83. The Hall–Kier alpha value is -3.22. The number of anilines is 1. The number of aryl methyl sites for hydroxylation is 1. The monoisotopic (exact) mass is 367 g/mol. The molecule has 1 aliphatic rings. The molecule has 0 saturated carbocycles. The predicted octanol–water partition coefficient (Wildman–Crippen LogP) is 3.71. The van der Waals surface area contributed by atoms with E-state index >= 15 is 0 Å². The number of halogens is 1. The van der Waals surface area contributed by atoms with Crippen LogP contribution in [-0.4, -0.2) is 29.7 Å². The number of ether oxygens (including phenoxy) is 1. The van der Waals surface area contributed by atoms with Crippen LogP contribution in [0.1, 0.15) is 23.7 Å². The highest BCUT2D eigenvalue weighted by molar-refractivity contribution is 5.96. The number of aromatic nitrogens is 2. The molecule has 1 aliphatic heterocycles. The lowest BCUT2D eigenvalue weighted by molar-refractivity contribution is -0.117. The average Bonchev–Trinajstić information content (AvgIpc) is 3.29. The third-order valence-electron chi connectivity index (χ3n) is 4.68. The van der Waals surface area contributed by atoms with Crippen molar-refractivity contribution in [3.63, 3.8) is 0 Å². The molecule has 1 saturated heterocycles. The third kappa shape index (κ3) is 3.28. The Morgan fingerprint density at radius 2 is 2.00 bits per heavy atom. The van der Waals surface area contributed by atoms with Crippen LogP contribution < -0.4 is 9.64 Å². The number of carbonyl (C=O) groups excluding carboxylic acids is 1. The van der Waals surface area contributed by atoms with Crippen molar-refractivity contribution in [1.82, 2.24) is 10.1 Å². The number of nitrogens with zero attached hydrogens (tertiary/aromatic N) is 3. The highest BCUT2D eigenvalue weighted by atomic mass is 19.1. The molecule has 27 heavy (non-hydrogen) atoms. The molecular formula is C20H18FN3O3. The Kier molecular flexibility index (Phi) is 4.35. The quantitative estimate of drug-likeness (QED) is 0.703. The van der Waals surface area contributed by atoms with Crippen molar-refractivity contribution in [3.8, 4) is 17.2 Å². The van der Waals surface area contributed by atoms with Gasteiger partial charge in [0.15, 0.2) is 17.4 Å². The predicted molar refractivity (Wildman–Crippen MR) is 97.1 cm³/mol. The summed E-state index contributed by atoms with van der Waals surface area (Å²) in [6.45, 7) is 2.49. The van der Waals surface area contributed by atoms with E-state index in [1.54, 1.807) is 11.0 Å². The lowest BCUT2D eigenvalue weighted by Crippen LogP contribution is -2.24. The van der Waals surface area contributed by atoms with Gasteiger partial charge in [0.05, 0.1) is 7.11 Å². The summed E-state index contributed by atoms with van der Waals surface area (Å²) in [5.74, 6) is 0.159. The SMILES string of the molecule is COc1ccc(-c2nc(C3CC(=O)N(c4ccc(C)cc4)C3)no2)cc1F. The van der Waals surface area contributed by atoms with Crippen LogP contribution in [0.5, 0.6) is 5.75 Å². The van der Waals surface area contributed by atoms with Crippen LogP contribution in [0.3, 0.4) is 0 Å². The molecule has 1 aromatic heterocycles. The van der Waals surface area contributed by atoms with E-state index in [1.807, 2.05) is 31.2 Å². The zero-order chi connectivity index (χ0) is 19.0. The zero-order valence-electron chi connectivity index (χ0n) is 15.0. The van der Waals surface area contributed by atoms with Crippen LogP contribution in [0, 0.1) is 12.7 Å². The molecule has 2 aromatic carbocycles. The van der Waals surface area contributed by atoms with E-state index < -0.39 is 5.82 Å². The molecule has 1 amide bonds. The fourth-order valence-electron chi connectivity index (χ4n) is 3.17. The van der Waals surface area contributed by atoms with Crippen molar-refractivity contribution in [3.05, 3.63) is 59.7 Å². The van der Waals surface area contributed by atoms with Crippen LogP contribution in [0.15, 0.2) is 47.0 Å². The van der Waals surface area contributed by atoms with Crippen LogP contribution in [0.25, 0.3) is 11.5 Å². The van der Waals surface area contributed by atoms with Gasteiger partial charge in [0.25, 0.3) is 5.89 Å². The van der Waals surface area contributed by atoms with E-state index in [-0.39, 0.29) is 23.5 Å². The first kappa shape index (κ1) is 17.2. The molecule has 2 heterocycles. The molecule has 0 bridgehead atoms. The van der Waals surface area contributed by atoms with Crippen molar-refractivity contribution >= 4 is 11.6 Å². The van der Waals surface area contributed by atoms with Crippen LogP contribution in [0.2, 0.25) is 0 Å². The van der Waals surface area contributed by atoms with E-state index in [9.17, 15) is 9.18 Å². The molecule has 0 N–H and O–H groups in total. The molecule has 3 aromatic rings. The number of methoxy groups -OCH3 is 1. The minimum atomic E-state index is -0.503. The van der Waals surface area contributed by atoms with Crippen molar-refractivity contribution in [1.29, 1.82) is 0 Å². The average molecular weight is 367 g/mol. The normalized spacial score (nSPS) is 16.8. The minimum Gasteiger partial charge on any atom is -0.494 e. The maximum Gasteiger partial charge on any atom is 0.258 e. The summed E-state index contributed by atoms with van der Waals surface area (Å²) in [7, 11) is 1.40. The molecule has 138 valence electrons. The molecule has 1 unspecified atom stereocenters. The van der Waals surface area contributed by atoms with Crippen molar-refractivity contribution < 1.29 is 18.4 Å². The van der Waals surface area contributed by atoms with E-state index in [4.69, 9.17) is 9.26 Å². The topological polar surface area (TPSA) is 68.5 Å². The van der Waals surface area contributed by atoms with Gasteiger partial charge in [-0.25, -0.2) is 4.39 Å². The summed E-state index contributed by atoms with van der Waals surface area (Å²) in [6.07, 6.45) is 0.309. The Labute approximate surface area is 155 Å². The smallest absolute Gasteiger partial charge is 0.258 e. The van der Waals surface area contributed by atoms with Crippen LogP contribution in [-0.2, 0) is 4.79 Å². The van der Waals surface area contributed by atoms with Gasteiger partial charge in [-0.15, -0.1) is 0 Å². The maximum absolute atomic E-state index is 13.9. The van der Waals surface area contributed by atoms with Crippen molar-refractivity contribution in [2.45, 2.75) is 19.3 Å². The van der Waals surface area contributed by atoms with Gasteiger partial charge in [-0.05, 0) is 37.3 Å². The third-order valence-corrected chi connectivity index (χ3v) is 4.68. The molecule has 6 nitrogen and oxygen atoms in total. The molecule has 1 atom stereocenters. The Morgan fingerprint density at radius 3 is 2.70 bits per heavy atom. The fraction of sp³-hybridized carbons (Fsp3) is 0.250. The van der Waals surface area contributed by atoms with Gasteiger partial charge in [-0.3, -0.25) is 4.79 Å². The second-order valence-corrected chi connectivity index (χ2v) is 6.55. The first-order valence-electron chi connectivity index (χ1n) is 8.59. The maximum atomic E-state index is 13.9. The van der Waals surface area contributed by atoms with E-state index in [1.165, 1.54) is 19.2 Å². The molecule has 7 heteroatoms. The van der Waals surface area contributed by atoms with E-state index in [2.05, 4.69) is 10.1 Å². The van der Waals surface area contributed by atoms with Crippen LogP contribution >= 0.6 is 0 Å². The number of rotatable bonds is 4. The molecule has 4 rings (SSSR count). The molecule has 0 radical (unpaired) electrons. The summed E-state index contributed by atoms with van der Waals surface area (Å²) < 4.78 is 24.1. The van der Waals surface area contributed by atoms with Gasteiger partial charge >= 0.3 is 0 Å². The summed E-state index contributed by atoms with van der Waals surface area (Å²) in [5.41, 5.74) is 2.46. The highest BCUT2D eigenvalue weighted by Gasteiger charge is 2.34. The molecule has 1 fully saturated rings. The number of hydrogen-bond acceptors (Lipinski definition) is 5. The zero-order valence-corrected chi connectivity index (χ0v) is 15.0. The Balaban J connectivity index is 1.54. The highest BCUT2D eigenvalue weighted by Crippen LogP contribution is 2.32. The second-order valence-electron chi connectivity index (χ2n) is 6.55. The molecule has 0 spiro atoms. The number of benzene rings is 2. The van der Waals surface area contributed by atoms with Gasteiger partial charge in [0.1, 0.15) is 0 Å². The van der Waals surface area contributed by atoms with Gasteiger partial charge < -0.3 is 14.2 Å². The first-order chi connectivity index (χ1) is 13.0. The lowest BCUT2D eigenvalue weighted by atomic mass is 10.1. The van der Waals surface area contributed by atoms with Crippen molar-refractivity contribution in [2.75, 3.05) is 18.6 Å². The summed E-state index contributed by atoms with van der Waals surface area (Å²) in [6, 6.07) is 12.2. The molecule has 0 aliphatic carbocycles. The minimum absolute atomic E-state index is 0.0192. The summed E-state index contributed by atoms with van der Waals surface area (Å²) in [5, 5.41) is 4.00. The number of hydrogen-bond donors (Lipinski definition) is 0. The van der Waals surface area contributed by atoms with Gasteiger partial charge in [-0.1, -0.05) is 22.9 Å². The summed E-state index contributed by atoms with van der Waals surface area (Å²) in [4.78, 5) is 18.5. The number of carbonyl (C=O) groups is 1. The van der Waals surface area contributed by atoms with Crippen LogP contribution in [0.4, 0.5) is 10.1 Å². The van der Waals surface area contributed by atoms with E-state index in [0.717, 1.165) is 11.3 Å². The van der Waals surface area contributed by atoms with E-state index in [0.29, 0.717) is 24.4 Å². The first-order valence-corrected chi connectivity index (χ1v) is 8.59.